The lowest BCUT2D eigenvalue weighted by Gasteiger charge is -2.29. The number of ether oxygens (including phenoxy) is 1. The summed E-state index contributed by atoms with van der Waals surface area (Å²) in [5.74, 6) is -0.0767. The number of likely N-dealkylation sites (tertiary alicyclic amines) is 1. The van der Waals surface area contributed by atoms with E-state index in [0.717, 1.165) is 25.7 Å². The zero-order valence-electron chi connectivity index (χ0n) is 13.4. The number of hydrogen-bond acceptors (Lipinski definition) is 5. The molecule has 3 unspecified atom stereocenters. The maximum atomic E-state index is 12.2. The van der Waals surface area contributed by atoms with E-state index in [1.165, 1.54) is 32.1 Å². The number of carbonyl (C=O) groups excluding carboxylic acids is 1. The van der Waals surface area contributed by atoms with Crippen molar-refractivity contribution in [1.29, 1.82) is 0 Å². The molecule has 0 amide bonds. The van der Waals surface area contributed by atoms with Gasteiger partial charge in [-0.1, -0.05) is 0 Å². The maximum absolute atomic E-state index is 12.2. The Morgan fingerprint density at radius 1 is 1.24 bits per heavy atom. The number of nitrogens with one attached hydrogen (secondary N) is 1. The second-order valence-corrected chi connectivity index (χ2v) is 6.84. The van der Waals surface area contributed by atoms with Gasteiger partial charge in [0.25, 0.3) is 0 Å². The van der Waals surface area contributed by atoms with Crippen LogP contribution in [0, 0.1) is 0 Å². The van der Waals surface area contributed by atoms with Crippen LogP contribution in [0.3, 0.4) is 0 Å². The average molecular weight is 295 g/mol. The highest BCUT2D eigenvalue weighted by Gasteiger charge is 2.37. The molecule has 0 aromatic rings. The summed E-state index contributed by atoms with van der Waals surface area (Å²) < 4.78 is 5.25. The molecule has 0 aromatic carbocycles. The highest BCUT2D eigenvalue weighted by atomic mass is 16.5. The van der Waals surface area contributed by atoms with Gasteiger partial charge >= 0.3 is 5.97 Å². The molecule has 3 atom stereocenters. The van der Waals surface area contributed by atoms with Crippen LogP contribution in [0.5, 0.6) is 0 Å². The van der Waals surface area contributed by atoms with E-state index in [9.17, 15) is 4.79 Å². The van der Waals surface area contributed by atoms with Crippen LogP contribution >= 0.6 is 0 Å². The molecule has 2 saturated heterocycles. The van der Waals surface area contributed by atoms with E-state index >= 15 is 0 Å². The number of likely N-dealkylation sites (N-methyl/N-ethyl adjacent to an activating group) is 1. The Balaban J connectivity index is 1.57. The van der Waals surface area contributed by atoms with Gasteiger partial charge in [-0.05, 0) is 52.6 Å². The predicted molar refractivity (Wildman–Crippen MR) is 82.2 cm³/mol. The highest BCUT2D eigenvalue weighted by Crippen LogP contribution is 2.28. The molecule has 1 N–H and O–H groups in total. The van der Waals surface area contributed by atoms with Crippen LogP contribution in [0.25, 0.3) is 0 Å². The Morgan fingerprint density at radius 2 is 2.00 bits per heavy atom. The summed E-state index contributed by atoms with van der Waals surface area (Å²) >= 11 is 0. The summed E-state index contributed by atoms with van der Waals surface area (Å²) in [4.78, 5) is 17.2. The van der Waals surface area contributed by atoms with E-state index in [1.807, 2.05) is 6.92 Å². The van der Waals surface area contributed by atoms with Crippen molar-refractivity contribution < 1.29 is 9.53 Å². The van der Waals surface area contributed by atoms with E-state index in [-0.39, 0.29) is 12.0 Å². The second kappa shape index (κ2) is 6.63. The van der Waals surface area contributed by atoms with Crippen molar-refractivity contribution in [2.24, 2.45) is 0 Å². The van der Waals surface area contributed by atoms with Gasteiger partial charge in [-0.25, -0.2) is 0 Å². The van der Waals surface area contributed by atoms with Gasteiger partial charge in [-0.3, -0.25) is 14.6 Å². The molecule has 120 valence electrons. The van der Waals surface area contributed by atoms with Crippen molar-refractivity contribution in [2.45, 2.75) is 63.2 Å². The molecule has 3 aliphatic rings. The molecule has 0 spiro atoms. The van der Waals surface area contributed by atoms with Gasteiger partial charge in [0, 0.05) is 31.2 Å². The van der Waals surface area contributed by atoms with Gasteiger partial charge in [0.1, 0.15) is 6.04 Å². The SMILES string of the molecule is CCOC(=O)C(CN1CCC2CCC(C1)N2C)NC1CC1. The summed E-state index contributed by atoms with van der Waals surface area (Å²) in [5.41, 5.74) is 0. The third-order valence-corrected chi connectivity index (χ3v) is 5.26. The minimum Gasteiger partial charge on any atom is -0.465 e. The lowest BCUT2D eigenvalue weighted by atomic mass is 10.1. The van der Waals surface area contributed by atoms with Crippen LogP contribution < -0.4 is 5.32 Å². The molecule has 1 saturated carbocycles. The van der Waals surface area contributed by atoms with E-state index in [4.69, 9.17) is 4.74 Å². The van der Waals surface area contributed by atoms with Crippen molar-refractivity contribution in [3.05, 3.63) is 0 Å². The number of fused-ring (bicyclic) bond motifs is 2. The van der Waals surface area contributed by atoms with Gasteiger partial charge in [0.05, 0.1) is 6.61 Å². The number of carbonyl (C=O) groups is 1. The smallest absolute Gasteiger partial charge is 0.324 e. The Labute approximate surface area is 128 Å². The molecule has 3 rings (SSSR count). The van der Waals surface area contributed by atoms with Crippen LogP contribution in [0.4, 0.5) is 0 Å². The Morgan fingerprint density at radius 3 is 2.71 bits per heavy atom. The van der Waals surface area contributed by atoms with Crippen molar-refractivity contribution in [3.8, 4) is 0 Å². The minimum atomic E-state index is -0.153. The molecule has 5 heteroatoms. The lowest BCUT2D eigenvalue weighted by Crippen LogP contribution is -2.49. The van der Waals surface area contributed by atoms with E-state index in [0.29, 0.717) is 18.7 Å². The van der Waals surface area contributed by atoms with Crippen LogP contribution in [0.15, 0.2) is 0 Å². The first-order valence-electron chi connectivity index (χ1n) is 8.54. The van der Waals surface area contributed by atoms with Crippen LogP contribution in [-0.4, -0.2) is 73.2 Å². The van der Waals surface area contributed by atoms with E-state index in [2.05, 4.69) is 22.2 Å². The molecule has 21 heavy (non-hydrogen) atoms. The quantitative estimate of drug-likeness (QED) is 0.736. The molecular weight excluding hydrogens is 266 g/mol. The summed E-state index contributed by atoms with van der Waals surface area (Å²) in [7, 11) is 2.26. The Hall–Kier alpha value is -0.650. The van der Waals surface area contributed by atoms with Crippen LogP contribution in [0.1, 0.15) is 39.0 Å². The van der Waals surface area contributed by atoms with E-state index in [1.54, 1.807) is 0 Å². The zero-order valence-corrected chi connectivity index (χ0v) is 13.4. The molecule has 2 aliphatic heterocycles. The van der Waals surface area contributed by atoms with Crippen LogP contribution in [0.2, 0.25) is 0 Å². The van der Waals surface area contributed by atoms with Crippen LogP contribution in [-0.2, 0) is 9.53 Å². The summed E-state index contributed by atoms with van der Waals surface area (Å²) in [6, 6.07) is 1.79. The summed E-state index contributed by atoms with van der Waals surface area (Å²) in [6.07, 6.45) is 6.27. The normalized spacial score (nSPS) is 31.9. The molecule has 3 fully saturated rings. The van der Waals surface area contributed by atoms with Crippen molar-refractivity contribution in [1.82, 2.24) is 15.1 Å². The lowest BCUT2D eigenvalue weighted by molar-refractivity contribution is -0.146. The molecular formula is C16H29N3O2. The maximum Gasteiger partial charge on any atom is 0.324 e. The molecule has 0 aromatic heterocycles. The third-order valence-electron chi connectivity index (χ3n) is 5.26. The third kappa shape index (κ3) is 3.76. The standard InChI is InChI=1S/C16H29N3O2/c1-3-21-16(20)15(17-12-4-5-12)11-19-9-8-13-6-7-14(10-19)18(13)2/h12-15,17H,3-11H2,1-2H3. The number of hydrogen-bond donors (Lipinski definition) is 1. The fraction of sp³-hybridized carbons (Fsp3) is 0.938. The first kappa shape index (κ1) is 15.3. The van der Waals surface area contributed by atoms with Gasteiger partial charge in [0.2, 0.25) is 0 Å². The first-order valence-corrected chi connectivity index (χ1v) is 8.54. The zero-order chi connectivity index (χ0) is 14.8. The summed E-state index contributed by atoms with van der Waals surface area (Å²) in [5, 5.41) is 3.47. The van der Waals surface area contributed by atoms with E-state index < -0.39 is 0 Å². The number of esters is 1. The predicted octanol–water partition coefficient (Wildman–Crippen LogP) is 0.839. The first-order chi connectivity index (χ1) is 10.2. The van der Waals surface area contributed by atoms with Crippen molar-refractivity contribution in [2.75, 3.05) is 33.3 Å². The van der Waals surface area contributed by atoms with Crippen molar-refractivity contribution in [3.63, 3.8) is 0 Å². The molecule has 0 radical (unpaired) electrons. The van der Waals surface area contributed by atoms with Gasteiger partial charge < -0.3 is 10.1 Å². The summed E-state index contributed by atoms with van der Waals surface area (Å²) in [6.45, 7) is 5.34. The fourth-order valence-corrected chi connectivity index (χ4v) is 3.78. The monoisotopic (exact) mass is 295 g/mol. The number of rotatable bonds is 6. The van der Waals surface area contributed by atoms with Crippen molar-refractivity contribution >= 4 is 5.97 Å². The molecule has 5 nitrogen and oxygen atoms in total. The molecule has 2 bridgehead atoms. The molecule has 1 aliphatic carbocycles. The molecule has 2 heterocycles. The Bertz CT molecular complexity index is 373. The highest BCUT2D eigenvalue weighted by molar-refractivity contribution is 5.76. The average Bonchev–Trinajstić information content (AvgIpc) is 3.20. The minimum absolute atomic E-state index is 0.0767. The topological polar surface area (TPSA) is 44.8 Å². The fourth-order valence-electron chi connectivity index (χ4n) is 3.78. The van der Waals surface area contributed by atoms with Gasteiger partial charge in [0.15, 0.2) is 0 Å². The van der Waals surface area contributed by atoms with Gasteiger partial charge in [-0.2, -0.15) is 0 Å². The van der Waals surface area contributed by atoms with Gasteiger partial charge in [-0.15, -0.1) is 0 Å². The number of nitrogens with zero attached hydrogens (tertiary/aromatic N) is 2. The second-order valence-electron chi connectivity index (χ2n) is 6.84. The Kier molecular flexibility index (Phi) is 4.82. The largest absolute Gasteiger partial charge is 0.465 e.